The summed E-state index contributed by atoms with van der Waals surface area (Å²) in [6.45, 7) is 2.19. The van der Waals surface area contributed by atoms with Gasteiger partial charge in [-0.2, -0.15) is 0 Å². The van der Waals surface area contributed by atoms with Crippen LogP contribution in [-0.2, 0) is 6.42 Å². The molecule has 0 radical (unpaired) electrons. The number of hydrogen-bond donors (Lipinski definition) is 0. The third kappa shape index (κ3) is 4.61. The van der Waals surface area contributed by atoms with E-state index in [1.54, 1.807) is 0 Å². The van der Waals surface area contributed by atoms with Crippen LogP contribution in [0.4, 0.5) is 0 Å². The zero-order valence-corrected chi connectivity index (χ0v) is 28.3. The van der Waals surface area contributed by atoms with Crippen molar-refractivity contribution in [2.45, 2.75) is 13.3 Å². The molecule has 0 spiro atoms. The highest BCUT2D eigenvalue weighted by Crippen LogP contribution is 2.48. The number of rotatable bonds is 5. The summed E-state index contributed by atoms with van der Waals surface area (Å²) in [6, 6.07) is 64.3. The number of imidazole rings is 1. The Labute approximate surface area is 296 Å². The molecule has 0 aliphatic heterocycles. The monoisotopic (exact) mass is 650 g/mol. The summed E-state index contributed by atoms with van der Waals surface area (Å²) in [5, 5.41) is 9.95. The molecule has 0 saturated carbocycles. The van der Waals surface area contributed by atoms with Crippen LogP contribution in [0.15, 0.2) is 176 Å². The number of nitrogens with zero attached hydrogens (tertiary/aromatic N) is 2. The Morgan fingerprint density at radius 1 is 0.431 bits per heavy atom. The van der Waals surface area contributed by atoms with E-state index in [0.29, 0.717) is 0 Å². The molecule has 9 aromatic carbocycles. The van der Waals surface area contributed by atoms with Crippen molar-refractivity contribution in [2.24, 2.45) is 0 Å². The third-order valence-corrected chi connectivity index (χ3v) is 10.5. The average Bonchev–Trinajstić information content (AvgIpc) is 3.58. The Hall–Kier alpha value is -6.51. The van der Waals surface area contributed by atoms with E-state index in [4.69, 9.17) is 4.98 Å². The highest BCUT2D eigenvalue weighted by molar-refractivity contribution is 6.26. The van der Waals surface area contributed by atoms with Crippen molar-refractivity contribution in [3.05, 3.63) is 182 Å². The largest absolute Gasteiger partial charge is 0.296 e. The van der Waals surface area contributed by atoms with E-state index in [1.165, 1.54) is 76.5 Å². The maximum absolute atomic E-state index is 5.03. The van der Waals surface area contributed by atoms with Crippen LogP contribution in [-0.4, -0.2) is 9.55 Å². The lowest BCUT2D eigenvalue weighted by atomic mass is 9.82. The van der Waals surface area contributed by atoms with Crippen LogP contribution < -0.4 is 0 Å². The highest BCUT2D eigenvalue weighted by atomic mass is 15.1. The molecule has 0 saturated heterocycles. The minimum absolute atomic E-state index is 0.847. The molecule has 0 fully saturated rings. The molecule has 10 rings (SSSR count). The topological polar surface area (TPSA) is 17.8 Å². The number of aromatic nitrogens is 2. The first-order valence-electron chi connectivity index (χ1n) is 17.8. The van der Waals surface area contributed by atoms with E-state index < -0.39 is 0 Å². The summed E-state index contributed by atoms with van der Waals surface area (Å²) >= 11 is 0. The standard InChI is InChI=1S/C49H34N2/c1-2-47-50-44-25-12-13-26-46(44)51(47)45-30-29-41(36-20-8-9-21-37(36)45)48-39-22-10-11-23-40(39)49(38-24-14-18-33-17-6-7-19-35(33)38)43-31-34(27-28-42(43)48)32-15-4-3-5-16-32/h3-31H,2H2,1H3. The van der Waals surface area contributed by atoms with Gasteiger partial charge in [-0.15, -0.1) is 0 Å². The first-order valence-corrected chi connectivity index (χ1v) is 17.8. The predicted molar refractivity (Wildman–Crippen MR) is 217 cm³/mol. The van der Waals surface area contributed by atoms with E-state index in [2.05, 4.69) is 187 Å². The lowest BCUT2D eigenvalue weighted by Gasteiger charge is -2.21. The molecule has 51 heavy (non-hydrogen) atoms. The van der Waals surface area contributed by atoms with Gasteiger partial charge in [0.05, 0.1) is 16.7 Å². The van der Waals surface area contributed by atoms with Gasteiger partial charge in [-0.3, -0.25) is 4.57 Å². The maximum Gasteiger partial charge on any atom is 0.114 e. The Morgan fingerprint density at radius 3 is 1.84 bits per heavy atom. The van der Waals surface area contributed by atoms with E-state index in [0.717, 1.165) is 29.0 Å². The normalized spacial score (nSPS) is 11.7. The molecular formula is C49H34N2. The number of hydrogen-bond acceptors (Lipinski definition) is 1. The van der Waals surface area contributed by atoms with E-state index in [-0.39, 0.29) is 0 Å². The van der Waals surface area contributed by atoms with E-state index in [1.807, 2.05) is 0 Å². The van der Waals surface area contributed by atoms with Gasteiger partial charge in [-0.25, -0.2) is 4.98 Å². The summed E-state index contributed by atoms with van der Waals surface area (Å²) in [5.41, 5.74) is 10.8. The maximum atomic E-state index is 5.03. The molecule has 10 aromatic rings. The highest BCUT2D eigenvalue weighted by Gasteiger charge is 2.21. The summed E-state index contributed by atoms with van der Waals surface area (Å²) in [4.78, 5) is 5.03. The van der Waals surface area contributed by atoms with Crippen LogP contribution in [0.5, 0.6) is 0 Å². The molecule has 0 bridgehead atoms. The van der Waals surface area contributed by atoms with Crippen LogP contribution in [0.1, 0.15) is 12.7 Å². The SMILES string of the molecule is CCc1nc2ccccc2n1-c1ccc(-c2c3ccccc3c(-c3cccc4ccccc34)c3cc(-c4ccccc4)ccc23)c2ccccc12. The quantitative estimate of drug-likeness (QED) is 0.170. The molecule has 240 valence electrons. The summed E-state index contributed by atoms with van der Waals surface area (Å²) < 4.78 is 2.35. The zero-order chi connectivity index (χ0) is 33.9. The second kappa shape index (κ2) is 11.8. The second-order valence-corrected chi connectivity index (χ2v) is 13.3. The van der Waals surface area contributed by atoms with E-state index in [9.17, 15) is 0 Å². The predicted octanol–water partition coefficient (Wildman–Crippen LogP) is 13.2. The lowest BCUT2D eigenvalue weighted by Crippen LogP contribution is -2.01. The molecule has 2 nitrogen and oxygen atoms in total. The van der Waals surface area contributed by atoms with Gasteiger partial charge in [0.2, 0.25) is 0 Å². The molecule has 0 aliphatic rings. The molecule has 0 N–H and O–H groups in total. The van der Waals surface area contributed by atoms with Gasteiger partial charge in [0, 0.05) is 11.8 Å². The first kappa shape index (κ1) is 29.4. The minimum Gasteiger partial charge on any atom is -0.296 e. The fraction of sp³-hybridized carbons (Fsp3) is 0.0408. The summed E-state index contributed by atoms with van der Waals surface area (Å²) in [5.74, 6) is 1.07. The van der Waals surface area contributed by atoms with Crippen molar-refractivity contribution < 1.29 is 0 Å². The van der Waals surface area contributed by atoms with Crippen LogP contribution in [0, 0.1) is 0 Å². The van der Waals surface area contributed by atoms with Crippen LogP contribution >= 0.6 is 0 Å². The Morgan fingerprint density at radius 2 is 1.04 bits per heavy atom. The average molecular weight is 651 g/mol. The smallest absolute Gasteiger partial charge is 0.114 e. The second-order valence-electron chi connectivity index (χ2n) is 13.3. The molecule has 0 amide bonds. The molecule has 1 heterocycles. The van der Waals surface area contributed by atoms with Crippen LogP contribution in [0.25, 0.3) is 93.2 Å². The van der Waals surface area contributed by atoms with Crippen LogP contribution in [0.2, 0.25) is 0 Å². The third-order valence-electron chi connectivity index (χ3n) is 10.5. The van der Waals surface area contributed by atoms with Gasteiger partial charge in [0.25, 0.3) is 0 Å². The van der Waals surface area contributed by atoms with Crippen molar-refractivity contribution in [1.29, 1.82) is 0 Å². The van der Waals surface area contributed by atoms with Gasteiger partial charge in [0.1, 0.15) is 5.82 Å². The van der Waals surface area contributed by atoms with Crippen molar-refractivity contribution in [1.82, 2.24) is 9.55 Å². The van der Waals surface area contributed by atoms with Gasteiger partial charge in [0.15, 0.2) is 0 Å². The van der Waals surface area contributed by atoms with Crippen molar-refractivity contribution in [3.63, 3.8) is 0 Å². The van der Waals surface area contributed by atoms with Gasteiger partial charge in [-0.05, 0) is 95.3 Å². The molecule has 0 aliphatic carbocycles. The Balaban J connectivity index is 1.33. The van der Waals surface area contributed by atoms with Gasteiger partial charge >= 0.3 is 0 Å². The fourth-order valence-electron chi connectivity index (χ4n) is 8.29. The molecular weight excluding hydrogens is 617 g/mol. The van der Waals surface area contributed by atoms with Gasteiger partial charge in [-0.1, -0.05) is 159 Å². The minimum atomic E-state index is 0.847. The summed E-state index contributed by atoms with van der Waals surface area (Å²) in [6.07, 6.45) is 0.847. The van der Waals surface area contributed by atoms with Crippen LogP contribution in [0.3, 0.4) is 0 Å². The molecule has 2 heteroatoms. The number of para-hydroxylation sites is 2. The van der Waals surface area contributed by atoms with E-state index >= 15 is 0 Å². The summed E-state index contributed by atoms with van der Waals surface area (Å²) in [7, 11) is 0. The van der Waals surface area contributed by atoms with Crippen molar-refractivity contribution in [3.8, 4) is 39.1 Å². The number of benzene rings is 9. The molecule has 0 unspecified atom stereocenters. The Bertz CT molecular complexity index is 2950. The zero-order valence-electron chi connectivity index (χ0n) is 28.3. The number of fused-ring (bicyclic) bond motifs is 5. The Kier molecular flexibility index (Phi) is 6.82. The fourth-order valence-corrected chi connectivity index (χ4v) is 8.29. The molecule has 0 atom stereocenters. The molecule has 1 aromatic heterocycles. The number of aryl methyl sites for hydroxylation is 1. The van der Waals surface area contributed by atoms with Gasteiger partial charge < -0.3 is 0 Å². The van der Waals surface area contributed by atoms with Crippen molar-refractivity contribution in [2.75, 3.05) is 0 Å². The first-order chi connectivity index (χ1) is 25.3. The lowest BCUT2D eigenvalue weighted by molar-refractivity contribution is 0.913. The van der Waals surface area contributed by atoms with Crippen molar-refractivity contribution >= 4 is 54.1 Å².